The number of imide groups is 1. The van der Waals surface area contributed by atoms with Gasteiger partial charge in [-0.05, 0) is 43.3 Å². The quantitative estimate of drug-likeness (QED) is 0.332. The predicted molar refractivity (Wildman–Crippen MR) is 95.2 cm³/mol. The van der Waals surface area contributed by atoms with Crippen molar-refractivity contribution >= 4 is 40.6 Å². The van der Waals surface area contributed by atoms with Crippen molar-refractivity contribution in [3.05, 3.63) is 32.7 Å². The average molecular weight is 396 g/mol. The molecule has 0 spiro atoms. The molecule has 0 aliphatic carbocycles. The number of nitro groups is 1. The Bertz CT molecular complexity index is 851. The van der Waals surface area contributed by atoms with E-state index in [4.69, 9.17) is 4.74 Å². The van der Waals surface area contributed by atoms with E-state index in [9.17, 15) is 29.6 Å². The first kappa shape index (κ1) is 20.2. The predicted octanol–water partition coefficient (Wildman–Crippen LogP) is 2.30. The monoisotopic (exact) mass is 396 g/mol. The van der Waals surface area contributed by atoms with E-state index < -0.39 is 39.5 Å². The molecule has 2 amide bonds. The second kappa shape index (κ2) is 8.08. The number of amides is 2. The molecule has 1 N–H and O–H groups in total. The fourth-order valence-corrected chi connectivity index (χ4v) is 3.25. The minimum absolute atomic E-state index is 0.0295. The van der Waals surface area contributed by atoms with Gasteiger partial charge < -0.3 is 14.6 Å². The van der Waals surface area contributed by atoms with Crippen molar-refractivity contribution < 1.29 is 33.9 Å². The number of carbonyl (C=O) groups is 3. The lowest BCUT2D eigenvalue weighted by Crippen LogP contribution is -2.42. The van der Waals surface area contributed by atoms with Crippen LogP contribution in [0.25, 0.3) is 6.08 Å². The molecule has 1 heterocycles. The summed E-state index contributed by atoms with van der Waals surface area (Å²) in [6, 6.07) is 1.25. The Balaban J connectivity index is 2.44. The molecule has 1 fully saturated rings. The Morgan fingerprint density at radius 1 is 1.44 bits per heavy atom. The maximum Gasteiger partial charge on any atom is 0.328 e. The Kier molecular flexibility index (Phi) is 6.05. The number of benzene rings is 1. The largest absolute Gasteiger partial charge is 0.500 e. The second-order valence-corrected chi connectivity index (χ2v) is 6.32. The molecule has 144 valence electrons. The lowest BCUT2D eigenvalue weighted by atomic mass is 10.1. The topological polar surface area (TPSA) is 136 Å². The van der Waals surface area contributed by atoms with E-state index in [0.717, 1.165) is 18.1 Å². The van der Waals surface area contributed by atoms with Crippen molar-refractivity contribution in [3.63, 3.8) is 0 Å². The summed E-state index contributed by atoms with van der Waals surface area (Å²) in [5.74, 6) is -2.24. The van der Waals surface area contributed by atoms with Gasteiger partial charge in [-0.25, -0.2) is 4.79 Å². The lowest BCUT2D eigenvalue weighted by Gasteiger charge is -2.18. The first-order valence-corrected chi connectivity index (χ1v) is 8.52. The highest BCUT2D eigenvalue weighted by molar-refractivity contribution is 8.18. The fourth-order valence-electron chi connectivity index (χ4n) is 2.34. The van der Waals surface area contributed by atoms with Crippen molar-refractivity contribution in [2.24, 2.45) is 0 Å². The standard InChI is InChI=1S/C16H16N2O8S/c1-4-26-11-6-9(5-10(13(11)19)18(23)24)7-12-14(20)17(16(22)27-12)8(2)15(21)25-3/h5-8,19H,4H2,1-3H3/b12-7+/t8-/m1/s1. The van der Waals surface area contributed by atoms with Gasteiger partial charge in [-0.1, -0.05) is 0 Å². The van der Waals surface area contributed by atoms with Gasteiger partial charge >= 0.3 is 11.7 Å². The number of esters is 1. The molecule has 1 aromatic rings. The van der Waals surface area contributed by atoms with Gasteiger partial charge in [0.2, 0.25) is 5.75 Å². The van der Waals surface area contributed by atoms with Gasteiger partial charge in [-0.2, -0.15) is 0 Å². The van der Waals surface area contributed by atoms with E-state index in [-0.39, 0.29) is 22.8 Å². The molecule has 1 aliphatic rings. The third-order valence-electron chi connectivity index (χ3n) is 3.62. The van der Waals surface area contributed by atoms with Crippen molar-refractivity contribution in [3.8, 4) is 11.5 Å². The van der Waals surface area contributed by atoms with Gasteiger partial charge in [-0.3, -0.25) is 24.6 Å². The summed E-state index contributed by atoms with van der Waals surface area (Å²) >= 11 is 0.588. The molecule has 27 heavy (non-hydrogen) atoms. The molecule has 0 bridgehead atoms. The number of aromatic hydroxyl groups is 1. The number of carbonyl (C=O) groups excluding carboxylic acids is 3. The van der Waals surface area contributed by atoms with Crippen LogP contribution in [0.4, 0.5) is 10.5 Å². The van der Waals surface area contributed by atoms with Crippen LogP contribution in [-0.4, -0.2) is 51.8 Å². The van der Waals surface area contributed by atoms with E-state index in [1.54, 1.807) is 6.92 Å². The Morgan fingerprint density at radius 2 is 2.11 bits per heavy atom. The van der Waals surface area contributed by atoms with Gasteiger partial charge in [0.15, 0.2) is 5.75 Å². The smallest absolute Gasteiger partial charge is 0.328 e. The molecule has 2 rings (SSSR count). The molecule has 0 aromatic heterocycles. The summed E-state index contributed by atoms with van der Waals surface area (Å²) in [7, 11) is 1.14. The summed E-state index contributed by atoms with van der Waals surface area (Å²) in [6.45, 7) is 3.14. The average Bonchev–Trinajstić information content (AvgIpc) is 2.89. The van der Waals surface area contributed by atoms with Gasteiger partial charge in [0, 0.05) is 6.07 Å². The summed E-state index contributed by atoms with van der Waals surface area (Å²) in [6.07, 6.45) is 1.25. The molecule has 1 aliphatic heterocycles. The number of hydrogen-bond acceptors (Lipinski definition) is 9. The van der Waals surface area contributed by atoms with Crippen molar-refractivity contribution in [1.82, 2.24) is 4.90 Å². The molecule has 0 unspecified atom stereocenters. The van der Waals surface area contributed by atoms with Crippen LogP contribution in [0, 0.1) is 10.1 Å². The number of nitrogens with zero attached hydrogens (tertiary/aromatic N) is 2. The molecular formula is C16H16N2O8S. The van der Waals surface area contributed by atoms with Crippen LogP contribution in [-0.2, 0) is 14.3 Å². The van der Waals surface area contributed by atoms with Crippen LogP contribution in [0.5, 0.6) is 11.5 Å². The highest BCUT2D eigenvalue weighted by Gasteiger charge is 2.41. The maximum atomic E-state index is 12.5. The van der Waals surface area contributed by atoms with Gasteiger partial charge in [-0.15, -0.1) is 0 Å². The number of phenolic OH excluding ortho intramolecular Hbond substituents is 1. The Labute approximate surface area is 157 Å². The minimum atomic E-state index is -1.11. The molecule has 0 saturated carbocycles. The number of nitro benzene ring substituents is 1. The molecule has 1 saturated heterocycles. The summed E-state index contributed by atoms with van der Waals surface area (Å²) < 4.78 is 9.71. The minimum Gasteiger partial charge on any atom is -0.500 e. The zero-order valence-corrected chi connectivity index (χ0v) is 15.4. The van der Waals surface area contributed by atoms with Gasteiger partial charge in [0.25, 0.3) is 11.1 Å². The number of hydrogen-bond donors (Lipinski definition) is 1. The van der Waals surface area contributed by atoms with Crippen LogP contribution < -0.4 is 4.74 Å². The van der Waals surface area contributed by atoms with Crippen LogP contribution in [0.15, 0.2) is 17.0 Å². The van der Waals surface area contributed by atoms with Crippen molar-refractivity contribution in [2.75, 3.05) is 13.7 Å². The third kappa shape index (κ3) is 4.03. The summed E-state index contributed by atoms with van der Waals surface area (Å²) in [5.41, 5.74) is -0.423. The number of methoxy groups -OCH3 is 1. The first-order valence-electron chi connectivity index (χ1n) is 7.70. The first-order chi connectivity index (χ1) is 12.7. The van der Waals surface area contributed by atoms with E-state index in [0.29, 0.717) is 11.8 Å². The molecular weight excluding hydrogens is 380 g/mol. The van der Waals surface area contributed by atoms with Crippen LogP contribution in [0.2, 0.25) is 0 Å². The zero-order valence-electron chi connectivity index (χ0n) is 14.6. The maximum absolute atomic E-state index is 12.5. The summed E-state index contributed by atoms with van der Waals surface area (Å²) in [5, 5.41) is 20.4. The third-order valence-corrected chi connectivity index (χ3v) is 4.51. The highest BCUT2D eigenvalue weighted by Crippen LogP contribution is 2.39. The second-order valence-electron chi connectivity index (χ2n) is 5.33. The Morgan fingerprint density at radius 3 is 2.67 bits per heavy atom. The van der Waals surface area contributed by atoms with Crippen molar-refractivity contribution in [1.29, 1.82) is 0 Å². The molecule has 1 aromatic carbocycles. The van der Waals surface area contributed by atoms with Gasteiger partial charge in [0.1, 0.15) is 6.04 Å². The van der Waals surface area contributed by atoms with Crippen LogP contribution in [0.1, 0.15) is 19.4 Å². The normalized spacial score (nSPS) is 16.6. The van der Waals surface area contributed by atoms with Crippen LogP contribution in [0.3, 0.4) is 0 Å². The molecule has 0 radical (unpaired) electrons. The van der Waals surface area contributed by atoms with E-state index in [1.807, 2.05) is 0 Å². The zero-order chi connectivity index (χ0) is 20.3. The van der Waals surface area contributed by atoms with Crippen LogP contribution >= 0.6 is 11.8 Å². The van der Waals surface area contributed by atoms with E-state index >= 15 is 0 Å². The molecule has 1 atom stereocenters. The number of ether oxygens (including phenoxy) is 2. The lowest BCUT2D eigenvalue weighted by molar-refractivity contribution is -0.386. The Hall–Kier alpha value is -3.08. The SMILES string of the molecule is CCOc1cc(/C=C2/SC(=O)N([C@H](C)C(=O)OC)C2=O)cc([N+](=O)[O-])c1O. The molecule has 11 heteroatoms. The van der Waals surface area contributed by atoms with E-state index in [1.165, 1.54) is 19.1 Å². The number of phenols is 1. The number of thioether (sulfide) groups is 1. The summed E-state index contributed by atoms with van der Waals surface area (Å²) in [4.78, 5) is 47.2. The highest BCUT2D eigenvalue weighted by atomic mass is 32.2. The molecule has 10 nitrogen and oxygen atoms in total. The number of rotatable bonds is 6. The van der Waals surface area contributed by atoms with E-state index in [2.05, 4.69) is 4.74 Å². The van der Waals surface area contributed by atoms with Crippen molar-refractivity contribution in [2.45, 2.75) is 19.9 Å². The fraction of sp³-hybridized carbons (Fsp3) is 0.312. The van der Waals surface area contributed by atoms with Gasteiger partial charge in [0.05, 0.1) is 23.5 Å².